The van der Waals surface area contributed by atoms with E-state index in [2.05, 4.69) is 21.8 Å². The molecule has 0 radical (unpaired) electrons. The number of carboxylic acids is 1. The first-order valence-corrected chi connectivity index (χ1v) is 7.79. The van der Waals surface area contributed by atoms with E-state index < -0.39 is 5.97 Å². The molecule has 0 spiro atoms. The van der Waals surface area contributed by atoms with Crippen LogP contribution in [0, 0.1) is 6.92 Å². The van der Waals surface area contributed by atoms with Crippen molar-refractivity contribution in [2.45, 2.75) is 6.92 Å². The number of aromatic carboxylic acids is 1. The lowest BCUT2D eigenvalue weighted by Gasteiger charge is -2.32. The number of ether oxygens (including phenoxy) is 1. The Morgan fingerprint density at radius 2 is 2.04 bits per heavy atom. The van der Waals surface area contributed by atoms with Gasteiger partial charge in [-0.1, -0.05) is 0 Å². The highest BCUT2D eigenvalue weighted by Crippen LogP contribution is 2.21. The van der Waals surface area contributed by atoms with E-state index in [1.807, 2.05) is 19.2 Å². The molecule has 7 nitrogen and oxygen atoms in total. The fourth-order valence-corrected chi connectivity index (χ4v) is 2.77. The van der Waals surface area contributed by atoms with Gasteiger partial charge in [-0.05, 0) is 25.6 Å². The highest BCUT2D eigenvalue weighted by molar-refractivity contribution is 5.86. The van der Waals surface area contributed by atoms with E-state index in [1.165, 1.54) is 6.20 Å². The van der Waals surface area contributed by atoms with Crippen LogP contribution in [-0.4, -0.2) is 76.6 Å². The van der Waals surface area contributed by atoms with E-state index >= 15 is 0 Å². The maximum Gasteiger partial charge on any atom is 0.356 e. The standard InChI is InChI=1S/C16H22N4O3/c1-12-9-14(15-17-13(16(21)22)11-20(15)10-12)23-8-7-19-5-3-18(2)4-6-19/h9-11H,3-8H2,1-2H3,(H,21,22). The highest BCUT2D eigenvalue weighted by Gasteiger charge is 2.15. The average Bonchev–Trinajstić information content (AvgIpc) is 2.93. The Hall–Kier alpha value is -2.12. The summed E-state index contributed by atoms with van der Waals surface area (Å²) in [5.74, 6) is -0.402. The van der Waals surface area contributed by atoms with Crippen molar-refractivity contribution in [2.24, 2.45) is 0 Å². The van der Waals surface area contributed by atoms with E-state index in [4.69, 9.17) is 9.84 Å². The molecular formula is C16H22N4O3. The number of fused-ring (bicyclic) bond motifs is 1. The number of likely N-dealkylation sites (N-methyl/N-ethyl adjacent to an activating group) is 1. The Morgan fingerprint density at radius 3 is 2.74 bits per heavy atom. The number of carbonyl (C=O) groups is 1. The molecule has 3 rings (SSSR count). The topological polar surface area (TPSA) is 70.3 Å². The second-order valence-corrected chi connectivity index (χ2v) is 6.04. The summed E-state index contributed by atoms with van der Waals surface area (Å²) in [7, 11) is 2.13. The van der Waals surface area contributed by atoms with E-state index in [9.17, 15) is 4.79 Å². The first-order chi connectivity index (χ1) is 11.0. The summed E-state index contributed by atoms with van der Waals surface area (Å²) in [6, 6.07) is 1.90. The summed E-state index contributed by atoms with van der Waals surface area (Å²) < 4.78 is 7.60. The number of carboxylic acid groups (broad SMARTS) is 1. The Bertz CT molecular complexity index is 705. The maximum absolute atomic E-state index is 11.1. The zero-order chi connectivity index (χ0) is 16.4. The van der Waals surface area contributed by atoms with Gasteiger partial charge in [0.1, 0.15) is 6.61 Å². The molecule has 2 aromatic rings. The van der Waals surface area contributed by atoms with Gasteiger partial charge in [-0.2, -0.15) is 0 Å². The monoisotopic (exact) mass is 318 g/mol. The molecule has 2 aromatic heterocycles. The van der Waals surface area contributed by atoms with Crippen molar-refractivity contribution >= 4 is 11.6 Å². The fourth-order valence-electron chi connectivity index (χ4n) is 2.77. The lowest BCUT2D eigenvalue weighted by atomic mass is 10.3. The van der Waals surface area contributed by atoms with Gasteiger partial charge in [-0.15, -0.1) is 0 Å². The van der Waals surface area contributed by atoms with Crippen LogP contribution in [0.3, 0.4) is 0 Å². The third-order valence-electron chi connectivity index (χ3n) is 4.13. The molecule has 0 unspecified atom stereocenters. The van der Waals surface area contributed by atoms with Crippen LogP contribution in [0.25, 0.3) is 5.65 Å². The minimum Gasteiger partial charge on any atom is -0.488 e. The van der Waals surface area contributed by atoms with E-state index in [0.29, 0.717) is 18.0 Å². The molecular weight excluding hydrogens is 296 g/mol. The van der Waals surface area contributed by atoms with Gasteiger partial charge in [-0.3, -0.25) is 4.90 Å². The van der Waals surface area contributed by atoms with Gasteiger partial charge in [0.05, 0.1) is 0 Å². The molecule has 0 aromatic carbocycles. The lowest BCUT2D eigenvalue weighted by Crippen LogP contribution is -2.45. The molecule has 1 aliphatic heterocycles. The first kappa shape index (κ1) is 15.8. The van der Waals surface area contributed by atoms with E-state index in [-0.39, 0.29) is 5.69 Å². The second kappa shape index (κ2) is 6.55. The summed E-state index contributed by atoms with van der Waals surface area (Å²) in [6.07, 6.45) is 3.36. The number of hydrogen-bond donors (Lipinski definition) is 1. The van der Waals surface area contributed by atoms with Gasteiger partial charge in [0, 0.05) is 45.1 Å². The molecule has 124 valence electrons. The van der Waals surface area contributed by atoms with Crippen LogP contribution in [0.2, 0.25) is 0 Å². The Balaban J connectivity index is 1.68. The van der Waals surface area contributed by atoms with Gasteiger partial charge in [0.15, 0.2) is 17.1 Å². The van der Waals surface area contributed by atoms with Gasteiger partial charge in [-0.25, -0.2) is 9.78 Å². The molecule has 3 heterocycles. The summed E-state index contributed by atoms with van der Waals surface area (Å²) >= 11 is 0. The van der Waals surface area contributed by atoms with E-state index in [1.54, 1.807) is 4.40 Å². The molecule has 1 fully saturated rings. The molecule has 0 aliphatic carbocycles. The summed E-state index contributed by atoms with van der Waals surface area (Å²) in [6.45, 7) is 7.64. The zero-order valence-corrected chi connectivity index (χ0v) is 13.5. The van der Waals surface area contributed by atoms with Crippen molar-refractivity contribution in [2.75, 3.05) is 46.4 Å². The molecule has 0 amide bonds. The number of nitrogens with zero attached hydrogens (tertiary/aromatic N) is 4. The first-order valence-electron chi connectivity index (χ1n) is 7.79. The number of rotatable bonds is 5. The number of aryl methyl sites for hydroxylation is 1. The number of aromatic nitrogens is 2. The fraction of sp³-hybridized carbons (Fsp3) is 0.500. The summed E-state index contributed by atoms with van der Waals surface area (Å²) in [5.41, 5.74) is 1.58. The summed E-state index contributed by atoms with van der Waals surface area (Å²) in [4.78, 5) is 19.9. The smallest absolute Gasteiger partial charge is 0.356 e. The van der Waals surface area contributed by atoms with Gasteiger partial charge >= 0.3 is 5.97 Å². The predicted molar refractivity (Wildman–Crippen MR) is 86.3 cm³/mol. The van der Waals surface area contributed by atoms with Gasteiger partial charge in [0.2, 0.25) is 0 Å². The van der Waals surface area contributed by atoms with Crippen LogP contribution in [0.4, 0.5) is 0 Å². The van der Waals surface area contributed by atoms with Crippen LogP contribution in [0.15, 0.2) is 18.5 Å². The van der Waals surface area contributed by atoms with Crippen molar-refractivity contribution < 1.29 is 14.6 Å². The number of imidazole rings is 1. The van der Waals surface area contributed by atoms with Gasteiger partial charge < -0.3 is 19.1 Å². The highest BCUT2D eigenvalue weighted by atomic mass is 16.5. The Labute approximate surface area is 135 Å². The minimum atomic E-state index is -1.03. The average molecular weight is 318 g/mol. The largest absolute Gasteiger partial charge is 0.488 e. The SMILES string of the molecule is Cc1cc(OCCN2CCN(C)CC2)c2nc(C(=O)O)cn2c1. The van der Waals surface area contributed by atoms with Crippen LogP contribution < -0.4 is 4.74 Å². The molecule has 7 heteroatoms. The molecule has 0 saturated carbocycles. The van der Waals surface area contributed by atoms with Crippen molar-refractivity contribution in [1.82, 2.24) is 19.2 Å². The van der Waals surface area contributed by atoms with Crippen LogP contribution >= 0.6 is 0 Å². The number of pyridine rings is 1. The Kier molecular flexibility index (Phi) is 4.49. The second-order valence-electron chi connectivity index (χ2n) is 6.04. The molecule has 1 saturated heterocycles. The molecule has 1 aliphatic rings. The van der Waals surface area contributed by atoms with Crippen molar-refractivity contribution in [3.05, 3.63) is 29.7 Å². The van der Waals surface area contributed by atoms with Crippen molar-refractivity contribution in [3.8, 4) is 5.75 Å². The normalized spacial score (nSPS) is 16.8. The van der Waals surface area contributed by atoms with Gasteiger partial charge in [0.25, 0.3) is 0 Å². The van der Waals surface area contributed by atoms with Crippen LogP contribution in [-0.2, 0) is 0 Å². The maximum atomic E-state index is 11.1. The third kappa shape index (κ3) is 3.62. The summed E-state index contributed by atoms with van der Waals surface area (Å²) in [5, 5.41) is 9.09. The molecule has 0 atom stereocenters. The predicted octanol–water partition coefficient (Wildman–Crippen LogP) is 0.967. The number of piperazine rings is 1. The van der Waals surface area contributed by atoms with Crippen LogP contribution in [0.5, 0.6) is 5.75 Å². The quantitative estimate of drug-likeness (QED) is 0.886. The third-order valence-corrected chi connectivity index (χ3v) is 4.13. The minimum absolute atomic E-state index is 0.0273. The van der Waals surface area contributed by atoms with E-state index in [0.717, 1.165) is 38.3 Å². The molecule has 1 N–H and O–H groups in total. The Morgan fingerprint density at radius 1 is 1.30 bits per heavy atom. The zero-order valence-electron chi connectivity index (χ0n) is 13.5. The number of hydrogen-bond acceptors (Lipinski definition) is 5. The van der Waals surface area contributed by atoms with Crippen molar-refractivity contribution in [1.29, 1.82) is 0 Å². The van der Waals surface area contributed by atoms with Crippen molar-refractivity contribution in [3.63, 3.8) is 0 Å². The van der Waals surface area contributed by atoms with Crippen LogP contribution in [0.1, 0.15) is 16.1 Å². The molecule has 23 heavy (non-hydrogen) atoms. The molecule has 0 bridgehead atoms. The lowest BCUT2D eigenvalue weighted by molar-refractivity contribution is 0.0691.